The van der Waals surface area contributed by atoms with Gasteiger partial charge >= 0.3 is 0 Å². The van der Waals surface area contributed by atoms with E-state index in [1.54, 1.807) is 32.0 Å². The predicted octanol–water partition coefficient (Wildman–Crippen LogP) is 2.35. The first-order chi connectivity index (χ1) is 13.9. The Bertz CT molecular complexity index is 1260. The molecule has 4 rings (SSSR count). The van der Waals surface area contributed by atoms with E-state index in [1.165, 1.54) is 27.6 Å². The van der Waals surface area contributed by atoms with Crippen LogP contribution < -0.4 is 10.9 Å². The van der Waals surface area contributed by atoms with Crippen LogP contribution >= 0.6 is 0 Å². The predicted molar refractivity (Wildman–Crippen MR) is 102 cm³/mol. The second-order valence-corrected chi connectivity index (χ2v) is 6.51. The molecule has 0 bridgehead atoms. The van der Waals surface area contributed by atoms with Crippen molar-refractivity contribution in [2.45, 2.75) is 26.8 Å². The molecule has 0 saturated carbocycles. The van der Waals surface area contributed by atoms with Crippen LogP contribution in [0.1, 0.15) is 18.0 Å². The molecule has 0 fully saturated rings. The minimum absolute atomic E-state index is 0.0614. The van der Waals surface area contributed by atoms with Crippen molar-refractivity contribution in [3.05, 3.63) is 64.3 Å². The maximum atomic E-state index is 13.2. The molecular formula is C19H17FN6O3. The molecule has 0 aliphatic carbocycles. The van der Waals surface area contributed by atoms with Crippen LogP contribution in [0.3, 0.4) is 0 Å². The Morgan fingerprint density at radius 2 is 2.00 bits per heavy atom. The van der Waals surface area contributed by atoms with E-state index >= 15 is 0 Å². The summed E-state index contributed by atoms with van der Waals surface area (Å²) in [5.41, 5.74) is 0.663. The summed E-state index contributed by atoms with van der Waals surface area (Å²) in [5, 5.41) is 10.8. The van der Waals surface area contributed by atoms with Crippen molar-refractivity contribution in [3.63, 3.8) is 0 Å². The zero-order chi connectivity index (χ0) is 20.5. The van der Waals surface area contributed by atoms with Gasteiger partial charge in [-0.2, -0.15) is 5.10 Å². The van der Waals surface area contributed by atoms with E-state index in [-0.39, 0.29) is 30.2 Å². The Hall–Kier alpha value is -3.82. The van der Waals surface area contributed by atoms with Gasteiger partial charge < -0.3 is 9.84 Å². The van der Waals surface area contributed by atoms with Gasteiger partial charge in [-0.05, 0) is 38.1 Å². The zero-order valence-corrected chi connectivity index (χ0v) is 15.7. The van der Waals surface area contributed by atoms with Crippen LogP contribution in [-0.2, 0) is 11.3 Å². The average Bonchev–Trinajstić information content (AvgIpc) is 3.28. The second kappa shape index (κ2) is 7.30. The number of amides is 1. The second-order valence-electron chi connectivity index (χ2n) is 6.51. The topological polar surface area (TPSA) is 108 Å². The van der Waals surface area contributed by atoms with Crippen molar-refractivity contribution in [1.82, 2.24) is 24.5 Å². The third-order valence-corrected chi connectivity index (χ3v) is 4.41. The number of hydrogen-bond donors (Lipinski definition) is 1. The van der Waals surface area contributed by atoms with Gasteiger partial charge in [-0.1, -0.05) is 5.16 Å². The van der Waals surface area contributed by atoms with Crippen molar-refractivity contribution < 1.29 is 13.7 Å². The van der Waals surface area contributed by atoms with Gasteiger partial charge in [-0.15, -0.1) is 0 Å². The zero-order valence-electron chi connectivity index (χ0n) is 15.7. The van der Waals surface area contributed by atoms with E-state index in [0.29, 0.717) is 34.1 Å². The number of fused-ring (bicyclic) bond motifs is 1. The minimum atomic E-state index is -0.365. The summed E-state index contributed by atoms with van der Waals surface area (Å²) in [6, 6.07) is 7.34. The fourth-order valence-electron chi connectivity index (χ4n) is 2.99. The maximum absolute atomic E-state index is 13.2. The number of benzene rings is 1. The molecule has 148 valence electrons. The first-order valence-corrected chi connectivity index (χ1v) is 8.86. The van der Waals surface area contributed by atoms with Crippen molar-refractivity contribution in [2.75, 3.05) is 5.32 Å². The quantitative estimate of drug-likeness (QED) is 0.555. The van der Waals surface area contributed by atoms with Gasteiger partial charge in [0, 0.05) is 19.0 Å². The highest BCUT2D eigenvalue weighted by atomic mass is 19.1. The fourth-order valence-corrected chi connectivity index (χ4v) is 2.99. The molecule has 0 atom stereocenters. The first kappa shape index (κ1) is 18.5. The lowest BCUT2D eigenvalue weighted by atomic mass is 10.3. The summed E-state index contributed by atoms with van der Waals surface area (Å²) in [6.07, 6.45) is 1.48. The highest BCUT2D eigenvalue weighted by molar-refractivity contribution is 5.89. The van der Waals surface area contributed by atoms with Gasteiger partial charge in [0.15, 0.2) is 11.5 Å². The number of halogens is 1. The molecule has 0 saturated heterocycles. The van der Waals surface area contributed by atoms with Crippen LogP contribution in [-0.4, -0.2) is 30.4 Å². The Morgan fingerprint density at radius 3 is 2.69 bits per heavy atom. The highest BCUT2D eigenvalue weighted by Gasteiger charge is 2.15. The molecule has 0 radical (unpaired) electrons. The standard InChI is InChI=1S/C19H17FN6O3/c1-11-9-16(24-29-11)23-17(27)7-8-25-12(2)22-18-15(19(25)28)10-21-26(18)14-5-3-13(20)4-6-14/h3-6,9-10H,7-8H2,1-2H3,(H,23,24,27). The van der Waals surface area contributed by atoms with Crippen LogP contribution in [0.4, 0.5) is 10.2 Å². The molecule has 1 amide bonds. The molecule has 0 aliphatic rings. The monoisotopic (exact) mass is 396 g/mol. The Kier molecular flexibility index (Phi) is 4.67. The van der Waals surface area contributed by atoms with Gasteiger partial charge in [-0.25, -0.2) is 14.1 Å². The third-order valence-electron chi connectivity index (χ3n) is 4.41. The smallest absolute Gasteiger partial charge is 0.264 e. The Morgan fingerprint density at radius 1 is 1.24 bits per heavy atom. The number of aryl methyl sites for hydroxylation is 2. The minimum Gasteiger partial charge on any atom is -0.360 e. The number of anilines is 1. The molecule has 0 spiro atoms. The molecule has 1 aromatic carbocycles. The normalized spacial score (nSPS) is 11.1. The number of hydrogen-bond acceptors (Lipinski definition) is 6. The molecule has 29 heavy (non-hydrogen) atoms. The van der Waals surface area contributed by atoms with Gasteiger partial charge in [0.25, 0.3) is 5.56 Å². The van der Waals surface area contributed by atoms with Crippen molar-refractivity contribution in [3.8, 4) is 5.69 Å². The largest absolute Gasteiger partial charge is 0.360 e. The number of rotatable bonds is 5. The summed E-state index contributed by atoms with van der Waals surface area (Å²) in [6.45, 7) is 3.55. The molecule has 0 aliphatic heterocycles. The maximum Gasteiger partial charge on any atom is 0.264 e. The van der Waals surface area contributed by atoms with Crippen LogP contribution in [0.2, 0.25) is 0 Å². The molecule has 1 N–H and O–H groups in total. The Labute approximate surface area is 163 Å². The number of aromatic nitrogens is 5. The first-order valence-electron chi connectivity index (χ1n) is 8.86. The van der Waals surface area contributed by atoms with E-state index < -0.39 is 0 Å². The molecule has 0 unspecified atom stereocenters. The van der Waals surface area contributed by atoms with Gasteiger partial charge in [0.1, 0.15) is 22.8 Å². The lowest BCUT2D eigenvalue weighted by Crippen LogP contribution is -2.26. The van der Waals surface area contributed by atoms with E-state index in [9.17, 15) is 14.0 Å². The number of nitrogens with one attached hydrogen (secondary N) is 1. The Balaban J connectivity index is 1.58. The summed E-state index contributed by atoms with van der Waals surface area (Å²) in [7, 11) is 0. The number of carbonyl (C=O) groups is 1. The van der Waals surface area contributed by atoms with E-state index in [0.717, 1.165) is 0 Å². The summed E-state index contributed by atoms with van der Waals surface area (Å²) in [4.78, 5) is 29.5. The van der Waals surface area contributed by atoms with Crippen molar-refractivity contribution >= 4 is 22.8 Å². The number of nitrogens with zero attached hydrogens (tertiary/aromatic N) is 5. The molecule has 3 heterocycles. The van der Waals surface area contributed by atoms with Crippen LogP contribution in [0, 0.1) is 19.7 Å². The van der Waals surface area contributed by atoms with E-state index in [4.69, 9.17) is 4.52 Å². The molecule has 3 aromatic heterocycles. The SMILES string of the molecule is Cc1cc(NC(=O)CCn2c(C)nc3c(cnn3-c3ccc(F)cc3)c2=O)no1. The van der Waals surface area contributed by atoms with Crippen LogP contribution in [0.5, 0.6) is 0 Å². The lowest BCUT2D eigenvalue weighted by Gasteiger charge is -2.10. The summed E-state index contributed by atoms with van der Waals surface area (Å²) < 4.78 is 21.0. The van der Waals surface area contributed by atoms with Crippen LogP contribution in [0.25, 0.3) is 16.7 Å². The molecule has 9 nitrogen and oxygen atoms in total. The molecule has 10 heteroatoms. The molecular weight excluding hydrogens is 379 g/mol. The van der Waals surface area contributed by atoms with Gasteiger partial charge in [-0.3, -0.25) is 14.2 Å². The van der Waals surface area contributed by atoms with Gasteiger partial charge in [0.05, 0.1) is 11.9 Å². The number of carbonyl (C=O) groups excluding carboxylic acids is 1. The molecule has 4 aromatic rings. The summed E-state index contributed by atoms with van der Waals surface area (Å²) in [5.74, 6) is 0.685. The van der Waals surface area contributed by atoms with Crippen molar-refractivity contribution in [2.24, 2.45) is 0 Å². The lowest BCUT2D eigenvalue weighted by molar-refractivity contribution is -0.116. The third kappa shape index (κ3) is 3.64. The van der Waals surface area contributed by atoms with Gasteiger partial charge in [0.2, 0.25) is 5.91 Å². The summed E-state index contributed by atoms with van der Waals surface area (Å²) >= 11 is 0. The highest BCUT2D eigenvalue weighted by Crippen LogP contribution is 2.15. The van der Waals surface area contributed by atoms with E-state index in [2.05, 4.69) is 20.6 Å². The fraction of sp³-hybridized carbons (Fsp3) is 0.211. The average molecular weight is 396 g/mol. The van der Waals surface area contributed by atoms with E-state index in [1.807, 2.05) is 0 Å². The van der Waals surface area contributed by atoms with Crippen molar-refractivity contribution in [1.29, 1.82) is 0 Å². The van der Waals surface area contributed by atoms with Crippen LogP contribution in [0.15, 0.2) is 45.8 Å².